The molecule has 0 saturated heterocycles. The number of halogens is 1. The van der Waals surface area contributed by atoms with Crippen molar-refractivity contribution in [2.45, 2.75) is 13.5 Å². The lowest BCUT2D eigenvalue weighted by molar-refractivity contribution is 0.834. The van der Waals surface area contributed by atoms with E-state index in [1.165, 1.54) is 14.7 Å². The van der Waals surface area contributed by atoms with E-state index in [1.54, 1.807) is 0 Å². The smallest absolute Gasteiger partial charge is 0.128 e. The predicted molar refractivity (Wildman–Crippen MR) is 91.9 cm³/mol. The molecular weight excluding hydrogens is 361 g/mol. The topological polar surface area (TPSA) is 29.9 Å². The van der Waals surface area contributed by atoms with Crippen molar-refractivity contribution in [1.29, 1.82) is 0 Å². The Kier molecular flexibility index (Phi) is 3.65. The highest BCUT2D eigenvalue weighted by atomic mass is 127. The molecule has 0 aliphatic heterocycles. The van der Waals surface area contributed by atoms with Gasteiger partial charge in [0.15, 0.2) is 0 Å². The fraction of sp³-hybridized carbons (Fsp3) is 0.188. The first-order valence-corrected chi connectivity index (χ1v) is 7.63. The first kappa shape index (κ1) is 13.4. The Morgan fingerprint density at radius 2 is 2.00 bits per heavy atom. The minimum absolute atomic E-state index is 0.727. The van der Waals surface area contributed by atoms with E-state index < -0.39 is 0 Å². The largest absolute Gasteiger partial charge is 0.378 e. The SMILES string of the molecule is Cc1ccc(NCc2nc3ccccc3n2C)cc1I. The predicted octanol–water partition coefficient (Wildman–Crippen LogP) is 4.10. The van der Waals surface area contributed by atoms with E-state index in [1.807, 2.05) is 18.2 Å². The Labute approximate surface area is 132 Å². The van der Waals surface area contributed by atoms with E-state index in [-0.39, 0.29) is 0 Å². The molecule has 0 unspecified atom stereocenters. The highest BCUT2D eigenvalue weighted by Crippen LogP contribution is 2.19. The number of nitrogens with zero attached hydrogens (tertiary/aromatic N) is 2. The maximum absolute atomic E-state index is 4.67. The molecular formula is C16H16IN3. The second kappa shape index (κ2) is 5.44. The molecule has 0 aliphatic rings. The lowest BCUT2D eigenvalue weighted by Crippen LogP contribution is -2.06. The highest BCUT2D eigenvalue weighted by Gasteiger charge is 2.06. The summed E-state index contributed by atoms with van der Waals surface area (Å²) in [5, 5.41) is 3.44. The second-order valence-corrected chi connectivity index (χ2v) is 6.06. The first-order valence-electron chi connectivity index (χ1n) is 6.55. The van der Waals surface area contributed by atoms with E-state index in [9.17, 15) is 0 Å². The molecule has 3 rings (SSSR count). The molecule has 20 heavy (non-hydrogen) atoms. The Hall–Kier alpha value is -1.56. The van der Waals surface area contributed by atoms with Gasteiger partial charge in [-0.05, 0) is 59.3 Å². The lowest BCUT2D eigenvalue weighted by Gasteiger charge is -2.08. The Bertz CT molecular complexity index is 762. The number of imidazole rings is 1. The summed E-state index contributed by atoms with van der Waals surface area (Å²) in [6.45, 7) is 2.85. The van der Waals surface area contributed by atoms with E-state index in [0.717, 1.165) is 23.6 Å². The van der Waals surface area contributed by atoms with Gasteiger partial charge in [-0.2, -0.15) is 0 Å². The maximum Gasteiger partial charge on any atom is 0.128 e. The zero-order valence-electron chi connectivity index (χ0n) is 11.5. The van der Waals surface area contributed by atoms with Gasteiger partial charge in [0.2, 0.25) is 0 Å². The van der Waals surface area contributed by atoms with Crippen LogP contribution in [0.25, 0.3) is 11.0 Å². The normalized spacial score (nSPS) is 10.9. The minimum atomic E-state index is 0.727. The second-order valence-electron chi connectivity index (χ2n) is 4.89. The van der Waals surface area contributed by atoms with Crippen molar-refractivity contribution >= 4 is 39.3 Å². The van der Waals surface area contributed by atoms with Gasteiger partial charge < -0.3 is 9.88 Å². The number of aromatic nitrogens is 2. The Balaban J connectivity index is 1.83. The van der Waals surface area contributed by atoms with Gasteiger partial charge in [-0.25, -0.2) is 4.98 Å². The molecule has 0 bridgehead atoms. The maximum atomic E-state index is 4.67. The average molecular weight is 377 g/mol. The average Bonchev–Trinajstić information content (AvgIpc) is 2.77. The molecule has 0 saturated carbocycles. The van der Waals surface area contributed by atoms with Gasteiger partial charge in [0, 0.05) is 16.3 Å². The fourth-order valence-electron chi connectivity index (χ4n) is 2.24. The van der Waals surface area contributed by atoms with Crippen molar-refractivity contribution in [2.75, 3.05) is 5.32 Å². The molecule has 0 fully saturated rings. The van der Waals surface area contributed by atoms with E-state index in [2.05, 4.69) is 75.7 Å². The number of hydrogen-bond acceptors (Lipinski definition) is 2. The van der Waals surface area contributed by atoms with Gasteiger partial charge in [-0.15, -0.1) is 0 Å². The van der Waals surface area contributed by atoms with Crippen molar-refractivity contribution in [1.82, 2.24) is 9.55 Å². The molecule has 1 heterocycles. The van der Waals surface area contributed by atoms with Crippen molar-refractivity contribution in [3.05, 3.63) is 57.4 Å². The van der Waals surface area contributed by atoms with Crippen molar-refractivity contribution in [3.8, 4) is 0 Å². The van der Waals surface area contributed by atoms with Crippen molar-refractivity contribution in [3.63, 3.8) is 0 Å². The first-order chi connectivity index (χ1) is 9.65. The number of para-hydroxylation sites is 2. The number of anilines is 1. The van der Waals surface area contributed by atoms with Crippen LogP contribution in [0.15, 0.2) is 42.5 Å². The van der Waals surface area contributed by atoms with Crippen LogP contribution < -0.4 is 5.32 Å². The number of nitrogens with one attached hydrogen (secondary N) is 1. The van der Waals surface area contributed by atoms with Gasteiger partial charge in [0.1, 0.15) is 5.82 Å². The molecule has 3 aromatic rings. The molecule has 1 N–H and O–H groups in total. The standard InChI is InChI=1S/C16H16IN3/c1-11-7-8-12(9-13(11)17)18-10-16-19-14-5-3-4-6-15(14)20(16)2/h3-9,18H,10H2,1-2H3. The molecule has 0 aliphatic carbocycles. The molecule has 0 amide bonds. The number of aryl methyl sites for hydroxylation is 2. The van der Waals surface area contributed by atoms with E-state index in [0.29, 0.717) is 0 Å². The molecule has 2 aromatic carbocycles. The number of rotatable bonds is 3. The van der Waals surface area contributed by atoms with Crippen LogP contribution in [0, 0.1) is 10.5 Å². The van der Waals surface area contributed by atoms with E-state index in [4.69, 9.17) is 0 Å². The number of fused-ring (bicyclic) bond motifs is 1. The summed E-state index contributed by atoms with van der Waals surface area (Å²) in [5.41, 5.74) is 4.65. The minimum Gasteiger partial charge on any atom is -0.378 e. The van der Waals surface area contributed by atoms with Gasteiger partial charge in [0.05, 0.1) is 17.6 Å². The summed E-state index contributed by atoms with van der Waals surface area (Å²) in [7, 11) is 2.06. The van der Waals surface area contributed by atoms with E-state index >= 15 is 0 Å². The van der Waals surface area contributed by atoms with Crippen LogP contribution in [0.2, 0.25) is 0 Å². The Morgan fingerprint density at radius 3 is 2.75 bits per heavy atom. The quantitative estimate of drug-likeness (QED) is 0.697. The zero-order valence-corrected chi connectivity index (χ0v) is 13.7. The monoisotopic (exact) mass is 377 g/mol. The van der Waals surface area contributed by atoms with Crippen LogP contribution in [-0.2, 0) is 13.6 Å². The third-order valence-corrected chi connectivity index (χ3v) is 4.66. The summed E-state index contributed by atoms with van der Waals surface area (Å²) in [5.74, 6) is 1.04. The fourth-order valence-corrected chi connectivity index (χ4v) is 2.75. The number of hydrogen-bond donors (Lipinski definition) is 1. The summed E-state index contributed by atoms with van der Waals surface area (Å²) >= 11 is 2.36. The molecule has 3 nitrogen and oxygen atoms in total. The van der Waals surface area contributed by atoms with Gasteiger partial charge in [-0.1, -0.05) is 18.2 Å². The molecule has 0 spiro atoms. The third kappa shape index (κ3) is 2.52. The van der Waals surface area contributed by atoms with Crippen LogP contribution in [-0.4, -0.2) is 9.55 Å². The van der Waals surface area contributed by atoms with Crippen LogP contribution in [0.5, 0.6) is 0 Å². The van der Waals surface area contributed by atoms with Gasteiger partial charge in [-0.3, -0.25) is 0 Å². The summed E-state index contributed by atoms with van der Waals surface area (Å²) < 4.78 is 3.42. The summed E-state index contributed by atoms with van der Waals surface area (Å²) in [6.07, 6.45) is 0. The summed E-state index contributed by atoms with van der Waals surface area (Å²) in [6, 6.07) is 14.6. The van der Waals surface area contributed by atoms with Gasteiger partial charge in [0.25, 0.3) is 0 Å². The van der Waals surface area contributed by atoms with Crippen molar-refractivity contribution in [2.24, 2.45) is 7.05 Å². The molecule has 0 atom stereocenters. The Morgan fingerprint density at radius 1 is 1.20 bits per heavy atom. The molecule has 4 heteroatoms. The zero-order chi connectivity index (χ0) is 14.1. The summed E-state index contributed by atoms with van der Waals surface area (Å²) in [4.78, 5) is 4.67. The molecule has 1 aromatic heterocycles. The van der Waals surface area contributed by atoms with Crippen LogP contribution in [0.3, 0.4) is 0 Å². The van der Waals surface area contributed by atoms with Crippen molar-refractivity contribution < 1.29 is 0 Å². The van der Waals surface area contributed by atoms with Crippen LogP contribution >= 0.6 is 22.6 Å². The lowest BCUT2D eigenvalue weighted by atomic mass is 10.2. The van der Waals surface area contributed by atoms with Gasteiger partial charge >= 0.3 is 0 Å². The van der Waals surface area contributed by atoms with Crippen LogP contribution in [0.1, 0.15) is 11.4 Å². The van der Waals surface area contributed by atoms with Crippen LogP contribution in [0.4, 0.5) is 5.69 Å². The molecule has 0 radical (unpaired) electrons. The molecule has 102 valence electrons. The third-order valence-electron chi connectivity index (χ3n) is 3.50. The number of benzene rings is 2. The highest BCUT2D eigenvalue weighted by molar-refractivity contribution is 14.1.